The summed E-state index contributed by atoms with van der Waals surface area (Å²) in [4.78, 5) is 0. The molecule has 0 aliphatic rings. The molecule has 1 atom stereocenters. The van der Waals surface area contributed by atoms with Crippen LogP contribution in [0.15, 0.2) is 194 Å². The molecular weight excluding hydrogens is 1150 g/mol. The van der Waals surface area contributed by atoms with Gasteiger partial charge in [0, 0.05) is 25.5 Å². The van der Waals surface area contributed by atoms with Gasteiger partial charge in [0.1, 0.15) is 11.5 Å². The summed E-state index contributed by atoms with van der Waals surface area (Å²) in [6.07, 6.45) is 0. The van der Waals surface area contributed by atoms with Crippen LogP contribution in [-0.4, -0.2) is 20.3 Å². The second-order valence-electron chi connectivity index (χ2n) is 21.5. The van der Waals surface area contributed by atoms with Crippen LogP contribution >= 0.6 is 40.7 Å². The molecule has 10 aromatic carbocycles. The fraction of sp³-hybridized carbons (Fsp3) is 0.211. The van der Waals surface area contributed by atoms with Crippen molar-refractivity contribution in [3.05, 3.63) is 250 Å². The molecule has 0 radical (unpaired) electrons. The third kappa shape index (κ3) is 13.6. The molecule has 80 heavy (non-hydrogen) atoms. The molecule has 414 valence electrons. The summed E-state index contributed by atoms with van der Waals surface area (Å²) < 4.78 is 10.5. The number of aryl methyl sites for hydroxylation is 8. The van der Waals surface area contributed by atoms with Crippen LogP contribution in [0.5, 0.6) is 11.5 Å². The number of ether oxygens (including phenoxy) is 2. The maximum absolute atomic E-state index is 6.86. The number of hydrogen-bond acceptors (Lipinski definition) is 4. The predicted octanol–water partition coefficient (Wildman–Crippen LogP) is 15.4. The number of benzene rings is 10. The summed E-state index contributed by atoms with van der Waals surface area (Å²) in [6.45, 7) is 22.1. The molecule has 0 aliphatic heterocycles. The second kappa shape index (κ2) is 27.4. The van der Waals surface area contributed by atoms with E-state index in [9.17, 15) is 0 Å². The van der Waals surface area contributed by atoms with E-state index in [0.29, 0.717) is 0 Å². The van der Waals surface area contributed by atoms with E-state index in [1.54, 1.807) is 14.2 Å². The molecule has 0 aliphatic carbocycles. The van der Waals surface area contributed by atoms with E-state index in [1.165, 1.54) is 109 Å². The summed E-state index contributed by atoms with van der Waals surface area (Å²) in [7, 11) is 1.42. The average molecular weight is 1220 g/mol. The molecule has 0 amide bonds. The molecule has 0 fully saturated rings. The van der Waals surface area contributed by atoms with Crippen molar-refractivity contribution in [2.45, 2.75) is 80.8 Å². The Bertz CT molecular complexity index is 3330. The number of hydrogen-bond donors (Lipinski definition) is 2. The molecule has 4 nitrogen and oxygen atoms in total. The van der Waals surface area contributed by atoms with Gasteiger partial charge in [-0.1, -0.05) is 228 Å². The summed E-state index contributed by atoms with van der Waals surface area (Å²) in [5.41, 5.74) is 27.7. The van der Waals surface area contributed by atoms with E-state index in [2.05, 4.69) is 215 Å². The quantitative estimate of drug-likeness (QED) is 0.0891. The van der Waals surface area contributed by atoms with Gasteiger partial charge in [-0.25, -0.2) is 0 Å². The number of rotatable bonds is 13. The maximum Gasteiger partial charge on any atom is 0.118 e. The van der Waals surface area contributed by atoms with E-state index in [4.69, 9.17) is 20.9 Å². The first kappa shape index (κ1) is 63.5. The predicted molar refractivity (Wildman–Crippen MR) is 350 cm³/mol. The van der Waals surface area contributed by atoms with Gasteiger partial charge in [-0.05, 0) is 177 Å². The molecule has 10 rings (SSSR count). The van der Waals surface area contributed by atoms with Crippen LogP contribution in [0.2, 0.25) is 0 Å². The Morgan fingerprint density at radius 2 is 0.662 bits per heavy atom. The van der Waals surface area contributed by atoms with Gasteiger partial charge >= 0.3 is 0 Å². The SMILES string of the molecule is COc1ccc(C(N)(c2ccc(OC)cc2)C(N)C(C)C)cc1.Cc1cc(C)cc(P(c2cc(C)cc(C)c2)c2ccc3ccccc3c2-c2c(P(c3cc(C)cc(C)c3)c3cc(C)cc(C)c3)ccc3ccccc23)c1.Cl.Cl.[Ru]. The van der Waals surface area contributed by atoms with Gasteiger partial charge in [0.25, 0.3) is 0 Å². The van der Waals surface area contributed by atoms with Gasteiger partial charge in [0.2, 0.25) is 0 Å². The van der Waals surface area contributed by atoms with Crippen molar-refractivity contribution in [3.8, 4) is 22.6 Å². The first-order valence-electron chi connectivity index (χ1n) is 26.8. The molecule has 0 spiro atoms. The second-order valence-corrected chi connectivity index (χ2v) is 25.9. The molecule has 0 heterocycles. The van der Waals surface area contributed by atoms with Crippen molar-refractivity contribution in [2.24, 2.45) is 17.4 Å². The maximum atomic E-state index is 6.86. The molecule has 0 saturated heterocycles. The zero-order valence-electron chi connectivity index (χ0n) is 48.2. The standard InChI is InChI=1S/C52H48P2.C19H26N2O2.2ClH.Ru/c1-33-21-34(2)26-43(25-33)53(44-27-35(3)22-36(4)28-44)49-19-17-41-13-9-11-15-47(41)51(49)52-48-16-12-10-14-42(48)18-20-50(52)54(45-29-37(5)23-38(6)30-45)46-31-39(7)24-40(8)32-46;1-13(2)18(20)19(21,14-5-9-16(22-3)10-6-14)15-7-11-17(23-4)12-8-15;;;/h9-32H,1-8H3;5-13,18H,20-21H2,1-4H3;2*1H;. The Kier molecular flexibility index (Phi) is 21.7. The molecule has 4 N–H and O–H groups in total. The van der Waals surface area contributed by atoms with Crippen molar-refractivity contribution < 1.29 is 29.0 Å². The van der Waals surface area contributed by atoms with Crippen LogP contribution in [0.25, 0.3) is 32.7 Å². The Balaban J connectivity index is 0.000000336. The number of halogens is 2. The molecule has 9 heteroatoms. The average Bonchev–Trinajstić information content (AvgIpc) is 3.48. The zero-order chi connectivity index (χ0) is 54.7. The largest absolute Gasteiger partial charge is 0.497 e. The zero-order valence-corrected chi connectivity index (χ0v) is 53.3. The number of methoxy groups -OCH3 is 2. The van der Waals surface area contributed by atoms with Gasteiger partial charge in [0.15, 0.2) is 0 Å². The minimum Gasteiger partial charge on any atom is -0.497 e. The van der Waals surface area contributed by atoms with Gasteiger partial charge in [-0.3, -0.25) is 0 Å². The topological polar surface area (TPSA) is 70.5 Å². The molecule has 0 saturated carbocycles. The van der Waals surface area contributed by atoms with Crippen LogP contribution in [0.1, 0.15) is 69.5 Å². The molecule has 1 unspecified atom stereocenters. The van der Waals surface area contributed by atoms with Crippen molar-refractivity contribution in [2.75, 3.05) is 14.2 Å². The Hall–Kier alpha value is -5.70. The molecular formula is C71H76Cl2N2O2P2Ru. The fourth-order valence-corrected chi connectivity index (χ4v) is 17.1. The van der Waals surface area contributed by atoms with Gasteiger partial charge in [-0.2, -0.15) is 0 Å². The van der Waals surface area contributed by atoms with E-state index >= 15 is 0 Å². The normalized spacial score (nSPS) is 11.6. The van der Waals surface area contributed by atoms with Crippen molar-refractivity contribution in [1.29, 1.82) is 0 Å². The van der Waals surface area contributed by atoms with Gasteiger partial charge in [0.05, 0.1) is 19.8 Å². The van der Waals surface area contributed by atoms with Crippen LogP contribution in [0.3, 0.4) is 0 Å². The third-order valence-corrected chi connectivity index (χ3v) is 19.6. The van der Waals surface area contributed by atoms with Crippen LogP contribution < -0.4 is 52.8 Å². The van der Waals surface area contributed by atoms with Crippen molar-refractivity contribution in [1.82, 2.24) is 0 Å². The summed E-state index contributed by atoms with van der Waals surface area (Å²) in [5, 5.41) is 13.6. The fourth-order valence-electron chi connectivity index (χ4n) is 11.4. The molecule has 0 bridgehead atoms. The van der Waals surface area contributed by atoms with E-state index in [0.717, 1.165) is 22.6 Å². The first-order chi connectivity index (χ1) is 36.9. The van der Waals surface area contributed by atoms with Crippen LogP contribution in [-0.2, 0) is 25.0 Å². The summed E-state index contributed by atoms with van der Waals surface area (Å²) in [5.74, 6) is 1.82. The number of nitrogens with two attached hydrogens (primary N) is 2. The minimum absolute atomic E-state index is 0. The first-order valence-corrected chi connectivity index (χ1v) is 29.4. The van der Waals surface area contributed by atoms with E-state index < -0.39 is 21.4 Å². The monoisotopic (exact) mass is 1220 g/mol. The van der Waals surface area contributed by atoms with Crippen molar-refractivity contribution in [3.63, 3.8) is 0 Å². The van der Waals surface area contributed by atoms with Crippen LogP contribution in [0.4, 0.5) is 0 Å². The van der Waals surface area contributed by atoms with E-state index in [-0.39, 0.29) is 56.3 Å². The van der Waals surface area contributed by atoms with Crippen molar-refractivity contribution >= 4 is 94.0 Å². The van der Waals surface area contributed by atoms with Crippen LogP contribution in [0, 0.1) is 61.3 Å². The summed E-state index contributed by atoms with van der Waals surface area (Å²) in [6, 6.07) is 71.9. The van der Waals surface area contributed by atoms with Gasteiger partial charge in [-0.15, -0.1) is 24.8 Å². The smallest absolute Gasteiger partial charge is 0.118 e. The van der Waals surface area contributed by atoms with Gasteiger partial charge < -0.3 is 20.9 Å². The molecule has 10 aromatic rings. The number of fused-ring (bicyclic) bond motifs is 2. The molecule has 0 aromatic heterocycles. The third-order valence-electron chi connectivity index (χ3n) is 14.8. The Morgan fingerprint density at radius 1 is 0.388 bits per heavy atom. The summed E-state index contributed by atoms with van der Waals surface area (Å²) >= 11 is 0. The Labute approximate surface area is 504 Å². The minimum atomic E-state index is -0.937. The van der Waals surface area contributed by atoms with E-state index in [1.807, 2.05) is 48.5 Å². The Morgan fingerprint density at radius 3 is 0.925 bits per heavy atom.